The maximum atomic E-state index is 12.2. The Hall–Kier alpha value is -3.78. The molecule has 7 nitrogen and oxygen atoms in total. The van der Waals surface area contributed by atoms with Crippen molar-refractivity contribution in [3.8, 4) is 11.5 Å². The molecule has 0 heterocycles. The number of nitrogens with zero attached hydrogens (tertiary/aromatic N) is 2. The molecule has 34 heavy (non-hydrogen) atoms. The third kappa shape index (κ3) is 8.29. The fraction of sp³-hybridized carbons (Fsp3) is 0.192. The van der Waals surface area contributed by atoms with E-state index in [4.69, 9.17) is 15.2 Å². The molecule has 3 aromatic rings. The molecule has 1 amide bonds. The van der Waals surface area contributed by atoms with E-state index in [1.165, 1.54) is 17.3 Å². The summed E-state index contributed by atoms with van der Waals surface area (Å²) in [7, 11) is 0. The van der Waals surface area contributed by atoms with Crippen LogP contribution in [0.25, 0.3) is 0 Å². The summed E-state index contributed by atoms with van der Waals surface area (Å²) in [6.07, 6.45) is 1.59. The first-order valence-electron chi connectivity index (χ1n) is 10.8. The fourth-order valence-electron chi connectivity index (χ4n) is 2.88. The summed E-state index contributed by atoms with van der Waals surface area (Å²) < 4.78 is 11.4. The number of thioether (sulfide) groups is 1. The Bertz CT molecular complexity index is 1130. The topological polar surface area (TPSA) is 98.3 Å². The molecule has 0 spiro atoms. The zero-order valence-corrected chi connectivity index (χ0v) is 20.0. The molecule has 0 unspecified atom stereocenters. The molecule has 0 saturated carbocycles. The first kappa shape index (κ1) is 24.9. The molecule has 176 valence electrons. The molecule has 8 heteroatoms. The van der Waals surface area contributed by atoms with Crippen LogP contribution < -0.4 is 20.5 Å². The summed E-state index contributed by atoms with van der Waals surface area (Å²) in [6.45, 7) is 4.18. The van der Waals surface area contributed by atoms with E-state index in [1.807, 2.05) is 74.5 Å². The number of hydrogen-bond donors (Lipinski definition) is 2. The lowest BCUT2D eigenvalue weighted by Gasteiger charge is -2.12. The van der Waals surface area contributed by atoms with Crippen LogP contribution in [0.5, 0.6) is 11.5 Å². The van der Waals surface area contributed by atoms with Gasteiger partial charge < -0.3 is 20.5 Å². The lowest BCUT2D eigenvalue weighted by Crippen LogP contribution is -2.20. The summed E-state index contributed by atoms with van der Waals surface area (Å²) in [5, 5.41) is 11.3. The molecule has 0 bridgehead atoms. The van der Waals surface area contributed by atoms with Gasteiger partial charge in [-0.3, -0.25) is 4.79 Å². The van der Waals surface area contributed by atoms with E-state index in [0.29, 0.717) is 23.3 Å². The third-order valence-electron chi connectivity index (χ3n) is 4.55. The van der Waals surface area contributed by atoms with Crippen molar-refractivity contribution in [2.75, 3.05) is 18.5 Å². The van der Waals surface area contributed by atoms with E-state index in [2.05, 4.69) is 15.5 Å². The third-order valence-corrected chi connectivity index (χ3v) is 5.41. The van der Waals surface area contributed by atoms with Crippen molar-refractivity contribution in [1.29, 1.82) is 0 Å². The average Bonchev–Trinajstić information content (AvgIpc) is 2.84. The fourth-order valence-corrected chi connectivity index (χ4v) is 3.49. The quantitative estimate of drug-likeness (QED) is 0.244. The van der Waals surface area contributed by atoms with Crippen LogP contribution in [0.15, 0.2) is 83.0 Å². The summed E-state index contributed by atoms with van der Waals surface area (Å²) in [5.41, 5.74) is 9.71. The van der Waals surface area contributed by atoms with Crippen LogP contribution in [0, 0.1) is 6.92 Å². The Balaban J connectivity index is 1.56. The Morgan fingerprint density at radius 3 is 2.53 bits per heavy atom. The lowest BCUT2D eigenvalue weighted by molar-refractivity contribution is -0.118. The number of hydrogen-bond acceptors (Lipinski definition) is 6. The van der Waals surface area contributed by atoms with Gasteiger partial charge in [-0.2, -0.15) is 5.10 Å². The van der Waals surface area contributed by atoms with E-state index in [1.54, 1.807) is 18.3 Å². The summed E-state index contributed by atoms with van der Waals surface area (Å²) in [5.74, 6) is 1.46. The average molecular weight is 477 g/mol. The molecule has 0 saturated heterocycles. The minimum Gasteiger partial charge on any atom is -0.490 e. The number of amidine groups is 1. The Morgan fingerprint density at radius 1 is 1.03 bits per heavy atom. The number of nitrogens with one attached hydrogen (secondary N) is 1. The van der Waals surface area contributed by atoms with Crippen LogP contribution in [0.4, 0.5) is 5.69 Å². The number of benzene rings is 3. The zero-order valence-electron chi connectivity index (χ0n) is 19.2. The number of carbonyl (C=O) groups is 1. The van der Waals surface area contributed by atoms with Crippen molar-refractivity contribution in [3.05, 3.63) is 89.5 Å². The Kier molecular flexibility index (Phi) is 9.54. The van der Waals surface area contributed by atoms with Crippen molar-refractivity contribution in [2.24, 2.45) is 15.9 Å². The molecule has 3 aromatic carbocycles. The van der Waals surface area contributed by atoms with Gasteiger partial charge in [-0.25, -0.2) is 0 Å². The summed E-state index contributed by atoms with van der Waals surface area (Å²) >= 11 is 1.42. The molecule has 0 aliphatic carbocycles. The SMILES string of the molecule is CCOc1cc(C=NN=C(N)SCc2ccccc2)ccc1OCC(=O)Nc1ccc(C)cc1. The van der Waals surface area contributed by atoms with Crippen LogP contribution in [-0.4, -0.2) is 30.5 Å². The molecule has 0 atom stereocenters. The Morgan fingerprint density at radius 2 is 1.79 bits per heavy atom. The molecule has 0 aromatic heterocycles. The molecule has 3 rings (SSSR count). The molecule has 0 aliphatic rings. The number of carbonyl (C=O) groups excluding carboxylic acids is 1. The van der Waals surface area contributed by atoms with Gasteiger partial charge in [0.2, 0.25) is 0 Å². The highest BCUT2D eigenvalue weighted by Gasteiger charge is 2.09. The van der Waals surface area contributed by atoms with Crippen molar-refractivity contribution >= 4 is 34.7 Å². The molecular weight excluding hydrogens is 448 g/mol. The van der Waals surface area contributed by atoms with Gasteiger partial charge in [0.1, 0.15) is 0 Å². The van der Waals surface area contributed by atoms with Crippen LogP contribution >= 0.6 is 11.8 Å². The Labute approximate surface area is 204 Å². The highest BCUT2D eigenvalue weighted by molar-refractivity contribution is 8.13. The molecule has 0 radical (unpaired) electrons. The van der Waals surface area contributed by atoms with E-state index in [9.17, 15) is 4.79 Å². The number of anilines is 1. The van der Waals surface area contributed by atoms with Crippen LogP contribution in [-0.2, 0) is 10.5 Å². The normalized spacial score (nSPS) is 11.4. The number of amides is 1. The van der Waals surface area contributed by atoms with Crippen molar-refractivity contribution in [1.82, 2.24) is 0 Å². The highest BCUT2D eigenvalue weighted by atomic mass is 32.2. The van der Waals surface area contributed by atoms with Gasteiger partial charge in [0.05, 0.1) is 12.8 Å². The summed E-state index contributed by atoms with van der Waals surface area (Å²) in [4.78, 5) is 12.2. The van der Waals surface area contributed by atoms with Gasteiger partial charge >= 0.3 is 0 Å². The summed E-state index contributed by atoms with van der Waals surface area (Å²) in [6, 6.07) is 22.9. The van der Waals surface area contributed by atoms with Gasteiger partial charge in [0, 0.05) is 11.4 Å². The maximum Gasteiger partial charge on any atom is 0.262 e. The molecule has 0 aliphatic heterocycles. The van der Waals surface area contributed by atoms with Crippen molar-refractivity contribution < 1.29 is 14.3 Å². The lowest BCUT2D eigenvalue weighted by atomic mass is 10.2. The monoisotopic (exact) mass is 476 g/mol. The minimum absolute atomic E-state index is 0.138. The van der Waals surface area contributed by atoms with Crippen LogP contribution in [0.3, 0.4) is 0 Å². The second-order valence-corrected chi connectivity index (χ2v) is 8.29. The first-order chi connectivity index (χ1) is 16.5. The van der Waals surface area contributed by atoms with Gasteiger partial charge in [-0.15, -0.1) is 5.10 Å². The second-order valence-electron chi connectivity index (χ2n) is 7.30. The van der Waals surface area contributed by atoms with Gasteiger partial charge in [0.25, 0.3) is 5.91 Å². The van der Waals surface area contributed by atoms with Gasteiger partial charge in [-0.05, 0) is 55.3 Å². The first-order valence-corrected chi connectivity index (χ1v) is 11.8. The number of rotatable bonds is 10. The van der Waals surface area contributed by atoms with E-state index in [-0.39, 0.29) is 12.5 Å². The van der Waals surface area contributed by atoms with Crippen molar-refractivity contribution in [2.45, 2.75) is 19.6 Å². The van der Waals surface area contributed by atoms with Crippen LogP contribution in [0.1, 0.15) is 23.6 Å². The predicted molar refractivity (Wildman–Crippen MR) is 140 cm³/mol. The van der Waals surface area contributed by atoms with Gasteiger partial charge in [0.15, 0.2) is 23.3 Å². The number of ether oxygens (including phenoxy) is 2. The molecule has 0 fully saturated rings. The standard InChI is InChI=1S/C26H28N4O3S/c1-3-32-24-15-21(16-28-30-26(27)34-18-20-7-5-4-6-8-20)11-14-23(24)33-17-25(31)29-22-12-9-19(2)10-13-22/h4-16H,3,17-18H2,1-2H3,(H2,27,30)(H,29,31). The molecule has 3 N–H and O–H groups in total. The smallest absolute Gasteiger partial charge is 0.262 e. The maximum absolute atomic E-state index is 12.2. The van der Waals surface area contributed by atoms with Gasteiger partial charge in [-0.1, -0.05) is 59.8 Å². The highest BCUT2D eigenvalue weighted by Crippen LogP contribution is 2.28. The van der Waals surface area contributed by atoms with Crippen LogP contribution in [0.2, 0.25) is 0 Å². The zero-order chi connectivity index (χ0) is 24.2. The van der Waals surface area contributed by atoms with E-state index in [0.717, 1.165) is 22.6 Å². The predicted octanol–water partition coefficient (Wildman–Crippen LogP) is 4.99. The minimum atomic E-state index is -0.255. The van der Waals surface area contributed by atoms with E-state index >= 15 is 0 Å². The molecular formula is C26H28N4O3S. The largest absolute Gasteiger partial charge is 0.490 e. The van der Waals surface area contributed by atoms with Crippen molar-refractivity contribution in [3.63, 3.8) is 0 Å². The second kappa shape index (κ2) is 13.1. The number of nitrogens with two attached hydrogens (primary N) is 1. The van der Waals surface area contributed by atoms with E-state index < -0.39 is 0 Å². The number of aryl methyl sites for hydroxylation is 1.